The van der Waals surface area contributed by atoms with Crippen LogP contribution in [0.15, 0.2) is 58.1 Å². The Balaban J connectivity index is 1.63. The molecule has 0 saturated carbocycles. The van der Waals surface area contributed by atoms with E-state index in [9.17, 15) is 0 Å². The molecule has 0 fully saturated rings. The van der Waals surface area contributed by atoms with Crippen LogP contribution in [0.4, 0.5) is 11.4 Å². The molecular weight excluding hydrogens is 333 g/mol. The van der Waals surface area contributed by atoms with E-state index in [0.717, 1.165) is 41.4 Å². The number of aliphatic imine (C=N–C) groups is 1. The molecule has 0 atom stereocenters. The molecule has 0 radical (unpaired) electrons. The Morgan fingerprint density at radius 2 is 2.00 bits per heavy atom. The van der Waals surface area contributed by atoms with Crippen LogP contribution in [0.5, 0.6) is 0 Å². The molecule has 23 heavy (non-hydrogen) atoms. The molecule has 116 valence electrons. The third-order valence-corrected chi connectivity index (χ3v) is 4.31. The molecule has 1 aromatic heterocycles. The minimum Gasteiger partial charge on any atom is -0.464 e. The maximum absolute atomic E-state index is 6.23. The van der Waals surface area contributed by atoms with Crippen LogP contribution in [-0.4, -0.2) is 19.0 Å². The average Bonchev–Trinajstić information content (AvgIpc) is 3.18. The quantitative estimate of drug-likeness (QED) is 0.708. The largest absolute Gasteiger partial charge is 0.464 e. The van der Waals surface area contributed by atoms with Crippen molar-refractivity contribution in [2.75, 3.05) is 23.3 Å². The summed E-state index contributed by atoms with van der Waals surface area (Å²) < 4.78 is 5.39. The molecule has 1 aliphatic heterocycles. The predicted octanol–water partition coefficient (Wildman–Crippen LogP) is 5.03. The summed E-state index contributed by atoms with van der Waals surface area (Å²) in [4.78, 5) is 6.66. The summed E-state index contributed by atoms with van der Waals surface area (Å²) in [6.45, 7) is 1.55. The highest BCUT2D eigenvalue weighted by atomic mass is 35.5. The van der Waals surface area contributed by atoms with Crippen molar-refractivity contribution >= 4 is 51.5 Å². The van der Waals surface area contributed by atoms with E-state index in [1.807, 2.05) is 24.3 Å². The van der Waals surface area contributed by atoms with Crippen LogP contribution in [0.2, 0.25) is 10.0 Å². The summed E-state index contributed by atoms with van der Waals surface area (Å²) in [7, 11) is 0. The number of anilines is 2. The molecule has 0 spiro atoms. The monoisotopic (exact) mass is 345 g/mol. The Bertz CT molecular complexity index is 904. The minimum atomic E-state index is 0.567. The zero-order valence-corrected chi connectivity index (χ0v) is 13.6. The van der Waals surface area contributed by atoms with Gasteiger partial charge in [0.15, 0.2) is 0 Å². The van der Waals surface area contributed by atoms with Gasteiger partial charge in [-0.15, -0.1) is 0 Å². The minimum absolute atomic E-state index is 0.567. The van der Waals surface area contributed by atoms with Gasteiger partial charge in [0.25, 0.3) is 0 Å². The molecule has 1 N–H and O–H groups in total. The normalized spacial score (nSPS) is 14.3. The lowest BCUT2D eigenvalue weighted by Crippen LogP contribution is -2.33. The van der Waals surface area contributed by atoms with Gasteiger partial charge in [-0.2, -0.15) is 0 Å². The molecule has 0 aliphatic carbocycles. The van der Waals surface area contributed by atoms with Crippen molar-refractivity contribution in [2.45, 2.75) is 0 Å². The number of nitrogens with zero attached hydrogens (tertiary/aromatic N) is 2. The molecule has 0 saturated heterocycles. The van der Waals surface area contributed by atoms with E-state index in [1.54, 1.807) is 18.4 Å². The number of fused-ring (bicyclic) bond motifs is 1. The molecule has 2 heterocycles. The molecule has 0 bridgehead atoms. The first-order valence-electron chi connectivity index (χ1n) is 7.22. The van der Waals surface area contributed by atoms with Crippen LogP contribution >= 0.6 is 23.2 Å². The van der Waals surface area contributed by atoms with Gasteiger partial charge in [0.2, 0.25) is 5.96 Å². The molecule has 1 aliphatic rings. The third-order valence-electron chi connectivity index (χ3n) is 3.77. The Hall–Kier alpha value is -2.17. The number of hydrogen-bond acceptors (Lipinski definition) is 4. The molecule has 3 aromatic rings. The van der Waals surface area contributed by atoms with Gasteiger partial charge >= 0.3 is 0 Å². The van der Waals surface area contributed by atoms with Crippen molar-refractivity contribution in [2.24, 2.45) is 4.99 Å². The van der Waals surface area contributed by atoms with Gasteiger partial charge in [-0.3, -0.25) is 4.99 Å². The highest BCUT2D eigenvalue weighted by Gasteiger charge is 2.20. The molecule has 2 aromatic carbocycles. The lowest BCUT2D eigenvalue weighted by atomic mass is 10.2. The fraction of sp³-hybridized carbons (Fsp3) is 0.118. The van der Waals surface area contributed by atoms with Crippen LogP contribution in [0.3, 0.4) is 0 Å². The highest BCUT2D eigenvalue weighted by Crippen LogP contribution is 2.28. The predicted molar refractivity (Wildman–Crippen MR) is 95.9 cm³/mol. The number of rotatable bonds is 2. The Labute approximate surface area is 143 Å². The van der Waals surface area contributed by atoms with E-state index in [-0.39, 0.29) is 0 Å². The fourth-order valence-corrected chi connectivity index (χ4v) is 3.09. The summed E-state index contributed by atoms with van der Waals surface area (Å²) in [5.74, 6) is 0.775. The Morgan fingerprint density at radius 3 is 2.87 bits per heavy atom. The number of benzene rings is 2. The van der Waals surface area contributed by atoms with Crippen LogP contribution in [0.25, 0.3) is 11.0 Å². The third kappa shape index (κ3) is 2.76. The van der Waals surface area contributed by atoms with E-state index in [2.05, 4.69) is 21.3 Å². The molecule has 0 amide bonds. The number of guanidine groups is 1. The SMILES string of the molecule is Clc1ccc(NC2=NCCN2c2ccc3occc3c2)c(Cl)c1. The van der Waals surface area contributed by atoms with E-state index >= 15 is 0 Å². The molecular formula is C17H13Cl2N3O. The van der Waals surface area contributed by atoms with E-state index in [4.69, 9.17) is 27.6 Å². The van der Waals surface area contributed by atoms with E-state index in [1.165, 1.54) is 0 Å². The first kappa shape index (κ1) is 14.4. The summed E-state index contributed by atoms with van der Waals surface area (Å²) in [6.07, 6.45) is 1.69. The molecule has 6 heteroatoms. The summed E-state index contributed by atoms with van der Waals surface area (Å²) in [5.41, 5.74) is 2.72. The Kier molecular flexibility index (Phi) is 3.63. The van der Waals surface area contributed by atoms with Crippen LogP contribution < -0.4 is 10.2 Å². The second-order valence-electron chi connectivity index (χ2n) is 5.25. The zero-order chi connectivity index (χ0) is 15.8. The maximum atomic E-state index is 6.23. The Morgan fingerprint density at radius 1 is 1.09 bits per heavy atom. The standard InChI is InChI=1S/C17H13Cl2N3O/c18-12-1-3-15(14(19)10-12)21-17-20-6-7-22(17)13-2-4-16-11(9-13)5-8-23-16/h1-5,8-10H,6-7H2,(H,20,21). The van der Waals surface area contributed by atoms with E-state index in [0.29, 0.717) is 10.0 Å². The van der Waals surface area contributed by atoms with Gasteiger partial charge in [-0.1, -0.05) is 23.2 Å². The zero-order valence-electron chi connectivity index (χ0n) is 12.1. The molecule has 4 rings (SSSR count). The second-order valence-corrected chi connectivity index (χ2v) is 6.09. The van der Waals surface area contributed by atoms with Gasteiger partial charge in [0, 0.05) is 22.6 Å². The van der Waals surface area contributed by atoms with Crippen molar-refractivity contribution in [3.63, 3.8) is 0 Å². The summed E-state index contributed by atoms with van der Waals surface area (Å²) >= 11 is 12.2. The van der Waals surface area contributed by atoms with Crippen LogP contribution in [0, 0.1) is 0 Å². The van der Waals surface area contributed by atoms with Gasteiger partial charge in [-0.05, 0) is 42.5 Å². The lowest BCUT2D eigenvalue weighted by Gasteiger charge is -2.21. The smallest absolute Gasteiger partial charge is 0.203 e. The lowest BCUT2D eigenvalue weighted by molar-refractivity contribution is 0.616. The molecule has 0 unspecified atom stereocenters. The summed E-state index contributed by atoms with van der Waals surface area (Å²) in [6, 6.07) is 13.4. The van der Waals surface area contributed by atoms with Crippen molar-refractivity contribution in [3.05, 3.63) is 58.8 Å². The second kappa shape index (κ2) is 5.80. The van der Waals surface area contributed by atoms with Gasteiger partial charge in [0.05, 0.1) is 23.5 Å². The maximum Gasteiger partial charge on any atom is 0.203 e. The van der Waals surface area contributed by atoms with Gasteiger partial charge in [-0.25, -0.2) is 0 Å². The summed E-state index contributed by atoms with van der Waals surface area (Å²) in [5, 5.41) is 5.53. The van der Waals surface area contributed by atoms with Crippen molar-refractivity contribution in [3.8, 4) is 0 Å². The molecule has 4 nitrogen and oxygen atoms in total. The first-order chi connectivity index (χ1) is 11.2. The van der Waals surface area contributed by atoms with Crippen LogP contribution in [0.1, 0.15) is 0 Å². The number of halogens is 2. The number of nitrogens with one attached hydrogen (secondary N) is 1. The van der Waals surface area contributed by atoms with Crippen LogP contribution in [-0.2, 0) is 0 Å². The highest BCUT2D eigenvalue weighted by molar-refractivity contribution is 6.36. The van der Waals surface area contributed by atoms with Crippen molar-refractivity contribution in [1.29, 1.82) is 0 Å². The number of hydrogen-bond donors (Lipinski definition) is 1. The van der Waals surface area contributed by atoms with Crippen molar-refractivity contribution in [1.82, 2.24) is 0 Å². The van der Waals surface area contributed by atoms with E-state index < -0.39 is 0 Å². The number of furan rings is 1. The van der Waals surface area contributed by atoms with Gasteiger partial charge in [0.1, 0.15) is 5.58 Å². The first-order valence-corrected chi connectivity index (χ1v) is 7.98. The topological polar surface area (TPSA) is 40.8 Å². The average molecular weight is 346 g/mol. The van der Waals surface area contributed by atoms with Gasteiger partial charge < -0.3 is 14.6 Å². The van der Waals surface area contributed by atoms with Crippen molar-refractivity contribution < 1.29 is 4.42 Å². The fourth-order valence-electron chi connectivity index (χ4n) is 2.64.